The fourth-order valence-corrected chi connectivity index (χ4v) is 2.55. The number of hydrogen-bond acceptors (Lipinski definition) is 4. The first-order valence-electron chi connectivity index (χ1n) is 6.72. The molecule has 0 aliphatic rings. The van der Waals surface area contributed by atoms with Crippen LogP contribution in [0.1, 0.15) is 28.6 Å². The maximum Gasteiger partial charge on any atom is 0.128 e. The molecule has 20 heavy (non-hydrogen) atoms. The molecule has 0 radical (unpaired) electrons. The highest BCUT2D eigenvalue weighted by atomic mass is 16.5. The zero-order valence-corrected chi connectivity index (χ0v) is 12.8. The van der Waals surface area contributed by atoms with E-state index in [0.717, 1.165) is 34.7 Å². The molecule has 0 spiro atoms. The molecule has 1 unspecified atom stereocenters. The van der Waals surface area contributed by atoms with Gasteiger partial charge in [-0.15, -0.1) is 0 Å². The quantitative estimate of drug-likeness (QED) is 0.905. The minimum atomic E-state index is 0.182. The molecule has 0 fully saturated rings. The van der Waals surface area contributed by atoms with Crippen LogP contribution in [0.4, 0.5) is 0 Å². The number of methoxy groups -OCH3 is 1. The molecule has 5 heteroatoms. The smallest absolute Gasteiger partial charge is 0.128 e. The summed E-state index contributed by atoms with van der Waals surface area (Å²) in [5, 5.41) is 7.56. The summed E-state index contributed by atoms with van der Waals surface area (Å²) in [4.78, 5) is 4.56. The van der Waals surface area contributed by atoms with Crippen LogP contribution in [0.15, 0.2) is 18.5 Å². The van der Waals surface area contributed by atoms with Crippen molar-refractivity contribution >= 4 is 0 Å². The SMILES string of the molecule is CNC(Cc1ncc(C)c(OC)c1C)c1ccnn1C. The summed E-state index contributed by atoms with van der Waals surface area (Å²) in [6.45, 7) is 4.07. The van der Waals surface area contributed by atoms with Gasteiger partial charge in [-0.1, -0.05) is 0 Å². The molecule has 0 aliphatic heterocycles. The van der Waals surface area contributed by atoms with Crippen molar-refractivity contribution in [2.45, 2.75) is 26.3 Å². The van der Waals surface area contributed by atoms with Gasteiger partial charge in [-0.2, -0.15) is 5.10 Å². The molecule has 108 valence electrons. The Balaban J connectivity index is 2.31. The van der Waals surface area contributed by atoms with E-state index in [9.17, 15) is 0 Å². The summed E-state index contributed by atoms with van der Waals surface area (Å²) in [7, 11) is 5.61. The fraction of sp³-hybridized carbons (Fsp3) is 0.467. The number of rotatable bonds is 5. The van der Waals surface area contributed by atoms with Gasteiger partial charge in [0, 0.05) is 42.7 Å². The highest BCUT2D eigenvalue weighted by Crippen LogP contribution is 2.27. The Kier molecular flexibility index (Phi) is 4.39. The molecular weight excluding hydrogens is 252 g/mol. The summed E-state index contributed by atoms with van der Waals surface area (Å²) in [6.07, 6.45) is 4.49. The van der Waals surface area contributed by atoms with Crippen LogP contribution in [0.5, 0.6) is 5.75 Å². The monoisotopic (exact) mass is 274 g/mol. The average molecular weight is 274 g/mol. The van der Waals surface area contributed by atoms with Crippen LogP contribution in [0, 0.1) is 13.8 Å². The number of ether oxygens (including phenoxy) is 1. The number of nitrogens with zero attached hydrogens (tertiary/aromatic N) is 3. The number of nitrogens with one attached hydrogen (secondary N) is 1. The van der Waals surface area contributed by atoms with E-state index in [0.29, 0.717) is 0 Å². The van der Waals surface area contributed by atoms with Gasteiger partial charge >= 0.3 is 0 Å². The fourth-order valence-electron chi connectivity index (χ4n) is 2.55. The lowest BCUT2D eigenvalue weighted by molar-refractivity contribution is 0.406. The zero-order chi connectivity index (χ0) is 14.7. The summed E-state index contributed by atoms with van der Waals surface area (Å²) >= 11 is 0. The number of aryl methyl sites for hydroxylation is 2. The van der Waals surface area contributed by atoms with Crippen molar-refractivity contribution in [1.82, 2.24) is 20.1 Å². The lowest BCUT2D eigenvalue weighted by Gasteiger charge is -2.19. The third-order valence-electron chi connectivity index (χ3n) is 3.71. The van der Waals surface area contributed by atoms with E-state index in [-0.39, 0.29) is 6.04 Å². The molecule has 2 rings (SSSR count). The molecular formula is C15H22N4O. The Bertz CT molecular complexity index is 592. The zero-order valence-electron chi connectivity index (χ0n) is 12.8. The number of aromatic nitrogens is 3. The summed E-state index contributed by atoms with van der Waals surface area (Å²) in [5.74, 6) is 0.926. The van der Waals surface area contributed by atoms with Gasteiger partial charge in [-0.3, -0.25) is 9.67 Å². The van der Waals surface area contributed by atoms with Gasteiger partial charge in [-0.25, -0.2) is 0 Å². The van der Waals surface area contributed by atoms with Crippen LogP contribution in [0.2, 0.25) is 0 Å². The second kappa shape index (κ2) is 6.05. The average Bonchev–Trinajstić information content (AvgIpc) is 2.85. The highest BCUT2D eigenvalue weighted by molar-refractivity contribution is 5.41. The van der Waals surface area contributed by atoms with Gasteiger partial charge in [0.25, 0.3) is 0 Å². The lowest BCUT2D eigenvalue weighted by atomic mass is 10.0. The lowest BCUT2D eigenvalue weighted by Crippen LogP contribution is -2.22. The number of pyridine rings is 1. The Hall–Kier alpha value is -1.88. The van der Waals surface area contributed by atoms with E-state index in [1.165, 1.54) is 0 Å². The summed E-state index contributed by atoms with van der Waals surface area (Å²) in [5.41, 5.74) is 4.37. The van der Waals surface area contributed by atoms with Crippen LogP contribution in [-0.4, -0.2) is 28.9 Å². The van der Waals surface area contributed by atoms with E-state index in [2.05, 4.69) is 22.3 Å². The summed E-state index contributed by atoms with van der Waals surface area (Å²) in [6, 6.07) is 2.21. The van der Waals surface area contributed by atoms with Gasteiger partial charge in [-0.05, 0) is 27.0 Å². The molecule has 1 atom stereocenters. The Morgan fingerprint density at radius 2 is 2.15 bits per heavy atom. The molecule has 2 aromatic heterocycles. The van der Waals surface area contributed by atoms with E-state index in [1.807, 2.05) is 44.2 Å². The second-order valence-electron chi connectivity index (χ2n) is 4.97. The van der Waals surface area contributed by atoms with Gasteiger partial charge in [0.2, 0.25) is 0 Å². The first-order valence-corrected chi connectivity index (χ1v) is 6.72. The van der Waals surface area contributed by atoms with Gasteiger partial charge in [0.05, 0.1) is 18.8 Å². The molecule has 0 saturated heterocycles. The number of hydrogen-bond donors (Lipinski definition) is 1. The minimum absolute atomic E-state index is 0.182. The standard InChI is InChI=1S/C15H22N4O/c1-10-9-17-12(11(2)15(10)20-5)8-13(16-3)14-6-7-18-19(14)4/h6-7,9,13,16H,8H2,1-5H3. The van der Waals surface area contributed by atoms with Crippen molar-refractivity contribution in [3.63, 3.8) is 0 Å². The Morgan fingerprint density at radius 1 is 1.40 bits per heavy atom. The molecule has 0 bridgehead atoms. The molecule has 2 heterocycles. The third-order valence-corrected chi connectivity index (χ3v) is 3.71. The first kappa shape index (κ1) is 14.5. The predicted octanol–water partition coefficient (Wildman–Crippen LogP) is 1.94. The third kappa shape index (κ3) is 2.67. The Labute approximate surface area is 120 Å². The minimum Gasteiger partial charge on any atom is -0.496 e. The molecule has 1 N–H and O–H groups in total. The van der Waals surface area contributed by atoms with E-state index < -0.39 is 0 Å². The van der Waals surface area contributed by atoms with Crippen molar-refractivity contribution in [3.05, 3.63) is 41.0 Å². The topological polar surface area (TPSA) is 52.0 Å². The van der Waals surface area contributed by atoms with Crippen LogP contribution >= 0.6 is 0 Å². The van der Waals surface area contributed by atoms with Gasteiger partial charge in [0.1, 0.15) is 5.75 Å². The van der Waals surface area contributed by atoms with Crippen LogP contribution in [0.3, 0.4) is 0 Å². The number of likely N-dealkylation sites (N-methyl/N-ethyl adjacent to an activating group) is 1. The normalized spacial score (nSPS) is 12.4. The maximum atomic E-state index is 5.47. The molecule has 0 aromatic carbocycles. The largest absolute Gasteiger partial charge is 0.496 e. The van der Waals surface area contributed by atoms with Crippen molar-refractivity contribution in [2.24, 2.45) is 7.05 Å². The molecule has 2 aromatic rings. The van der Waals surface area contributed by atoms with Gasteiger partial charge < -0.3 is 10.1 Å². The van der Waals surface area contributed by atoms with E-state index in [1.54, 1.807) is 7.11 Å². The van der Waals surface area contributed by atoms with Crippen LogP contribution in [-0.2, 0) is 13.5 Å². The summed E-state index contributed by atoms with van der Waals surface area (Å²) < 4.78 is 7.36. The van der Waals surface area contributed by atoms with Gasteiger partial charge in [0.15, 0.2) is 0 Å². The first-order chi connectivity index (χ1) is 9.58. The molecule has 5 nitrogen and oxygen atoms in total. The van der Waals surface area contributed by atoms with Crippen LogP contribution < -0.4 is 10.1 Å². The Morgan fingerprint density at radius 3 is 2.70 bits per heavy atom. The second-order valence-corrected chi connectivity index (χ2v) is 4.97. The van der Waals surface area contributed by atoms with Crippen molar-refractivity contribution in [2.75, 3.05) is 14.2 Å². The van der Waals surface area contributed by atoms with Crippen LogP contribution in [0.25, 0.3) is 0 Å². The van der Waals surface area contributed by atoms with Crippen molar-refractivity contribution in [1.29, 1.82) is 0 Å². The molecule has 0 aliphatic carbocycles. The van der Waals surface area contributed by atoms with E-state index in [4.69, 9.17) is 4.74 Å². The van der Waals surface area contributed by atoms with E-state index >= 15 is 0 Å². The molecule has 0 saturated carbocycles. The molecule has 0 amide bonds. The predicted molar refractivity (Wildman–Crippen MR) is 79.0 cm³/mol. The van der Waals surface area contributed by atoms with Crippen molar-refractivity contribution in [3.8, 4) is 5.75 Å². The van der Waals surface area contributed by atoms with Crippen molar-refractivity contribution < 1.29 is 4.74 Å². The highest BCUT2D eigenvalue weighted by Gasteiger charge is 2.17. The maximum absolute atomic E-state index is 5.47.